The Morgan fingerprint density at radius 1 is 1.06 bits per heavy atom. The molecule has 0 fully saturated rings. The minimum Gasteiger partial charge on any atom is -0.493 e. The molecule has 0 saturated heterocycles. The molecule has 0 bridgehead atoms. The van der Waals surface area contributed by atoms with Gasteiger partial charge in [0.25, 0.3) is 11.8 Å². The van der Waals surface area contributed by atoms with Gasteiger partial charge in [-0.15, -0.1) is 0 Å². The standard InChI is InChI=1S/C27H26N4O5/c1-34-23-12-18-9-11-31(16-20(18)13-24(23)35-2)27(33)17-5-7-21(8-6-17)29-26(32)25-14-22(30-36-25)19-4-3-10-28-15-19/h3-8,10,12-13,15,25H,9,11,14,16H2,1-2H3,(H,29,32). The lowest BCUT2D eigenvalue weighted by molar-refractivity contribution is -0.125. The minimum absolute atomic E-state index is 0.0676. The number of amides is 2. The van der Waals surface area contributed by atoms with E-state index in [1.165, 1.54) is 0 Å². The number of ether oxygens (including phenoxy) is 2. The lowest BCUT2D eigenvalue weighted by atomic mass is 9.98. The van der Waals surface area contributed by atoms with Crippen molar-refractivity contribution in [2.45, 2.75) is 25.5 Å². The van der Waals surface area contributed by atoms with Gasteiger partial charge in [-0.3, -0.25) is 14.6 Å². The Labute approximate surface area is 208 Å². The molecule has 1 atom stereocenters. The maximum Gasteiger partial charge on any atom is 0.268 e. The Morgan fingerprint density at radius 2 is 1.81 bits per heavy atom. The van der Waals surface area contributed by atoms with Gasteiger partial charge >= 0.3 is 0 Å². The molecule has 2 aliphatic rings. The number of carbonyl (C=O) groups excluding carboxylic acids is 2. The van der Waals surface area contributed by atoms with Crippen molar-refractivity contribution in [3.05, 3.63) is 83.2 Å². The Bertz CT molecular complexity index is 1310. The summed E-state index contributed by atoms with van der Waals surface area (Å²) < 4.78 is 10.8. The molecule has 1 aromatic heterocycles. The van der Waals surface area contributed by atoms with Gasteiger partial charge in [0, 0.05) is 48.7 Å². The highest BCUT2D eigenvalue weighted by molar-refractivity contribution is 6.06. The number of oxime groups is 1. The van der Waals surface area contributed by atoms with Crippen LogP contribution in [0.1, 0.15) is 33.5 Å². The van der Waals surface area contributed by atoms with Gasteiger partial charge in [-0.1, -0.05) is 5.16 Å². The molecular formula is C27H26N4O5. The highest BCUT2D eigenvalue weighted by Gasteiger charge is 2.29. The summed E-state index contributed by atoms with van der Waals surface area (Å²) in [5.41, 5.74) is 4.84. The van der Waals surface area contributed by atoms with Crippen molar-refractivity contribution in [1.82, 2.24) is 9.88 Å². The summed E-state index contributed by atoms with van der Waals surface area (Å²) in [7, 11) is 3.21. The van der Waals surface area contributed by atoms with Crippen LogP contribution in [0.15, 0.2) is 66.1 Å². The first-order chi connectivity index (χ1) is 17.6. The van der Waals surface area contributed by atoms with E-state index in [4.69, 9.17) is 14.3 Å². The number of benzene rings is 2. The normalized spacial score (nSPS) is 16.4. The molecule has 1 N–H and O–H groups in total. The first-order valence-corrected chi connectivity index (χ1v) is 11.6. The molecule has 0 radical (unpaired) electrons. The first kappa shape index (κ1) is 23.3. The molecule has 3 heterocycles. The number of nitrogens with one attached hydrogen (secondary N) is 1. The van der Waals surface area contributed by atoms with E-state index in [-0.39, 0.29) is 11.8 Å². The second kappa shape index (κ2) is 10.1. The van der Waals surface area contributed by atoms with E-state index in [0.717, 1.165) is 23.1 Å². The molecule has 2 amide bonds. The number of methoxy groups -OCH3 is 2. The molecule has 9 heteroatoms. The van der Waals surface area contributed by atoms with E-state index < -0.39 is 6.10 Å². The van der Waals surface area contributed by atoms with Crippen LogP contribution in [0.25, 0.3) is 0 Å². The van der Waals surface area contributed by atoms with Crippen LogP contribution in [0.4, 0.5) is 5.69 Å². The molecule has 9 nitrogen and oxygen atoms in total. The highest BCUT2D eigenvalue weighted by atomic mass is 16.6. The summed E-state index contributed by atoms with van der Waals surface area (Å²) in [6.45, 7) is 1.10. The Kier molecular flexibility index (Phi) is 6.53. The van der Waals surface area contributed by atoms with Crippen LogP contribution >= 0.6 is 0 Å². The van der Waals surface area contributed by atoms with Crippen LogP contribution in [0.5, 0.6) is 11.5 Å². The molecule has 3 aromatic rings. The molecule has 1 unspecified atom stereocenters. The van der Waals surface area contributed by atoms with Gasteiger partial charge in [0.15, 0.2) is 11.5 Å². The summed E-state index contributed by atoms with van der Waals surface area (Å²) in [4.78, 5) is 37.0. The van der Waals surface area contributed by atoms with Crippen LogP contribution in [0.2, 0.25) is 0 Å². The molecule has 2 aliphatic heterocycles. The van der Waals surface area contributed by atoms with E-state index in [9.17, 15) is 9.59 Å². The van der Waals surface area contributed by atoms with Crippen molar-refractivity contribution in [3.63, 3.8) is 0 Å². The van der Waals surface area contributed by atoms with Crippen LogP contribution in [-0.4, -0.2) is 54.3 Å². The second-order valence-electron chi connectivity index (χ2n) is 8.60. The highest BCUT2D eigenvalue weighted by Crippen LogP contribution is 2.33. The lowest BCUT2D eigenvalue weighted by Crippen LogP contribution is -2.36. The predicted molar refractivity (Wildman–Crippen MR) is 133 cm³/mol. The van der Waals surface area contributed by atoms with Crippen molar-refractivity contribution in [2.75, 3.05) is 26.1 Å². The van der Waals surface area contributed by atoms with Gasteiger partial charge in [-0.25, -0.2) is 0 Å². The smallest absolute Gasteiger partial charge is 0.268 e. The van der Waals surface area contributed by atoms with Crippen molar-refractivity contribution < 1.29 is 23.9 Å². The fraction of sp³-hybridized carbons (Fsp3) is 0.259. The minimum atomic E-state index is -0.717. The fourth-order valence-corrected chi connectivity index (χ4v) is 4.38. The number of hydrogen-bond acceptors (Lipinski definition) is 7. The quantitative estimate of drug-likeness (QED) is 0.573. The summed E-state index contributed by atoms with van der Waals surface area (Å²) in [6.07, 6.45) is 3.75. The Morgan fingerprint density at radius 3 is 2.50 bits per heavy atom. The predicted octanol–water partition coefficient (Wildman–Crippen LogP) is 3.43. The summed E-state index contributed by atoms with van der Waals surface area (Å²) in [5, 5.41) is 6.86. The topological polar surface area (TPSA) is 102 Å². The summed E-state index contributed by atoms with van der Waals surface area (Å²) in [5.74, 6) is 0.974. The lowest BCUT2D eigenvalue weighted by Gasteiger charge is -2.29. The fourth-order valence-electron chi connectivity index (χ4n) is 4.38. The van der Waals surface area contributed by atoms with E-state index in [1.54, 1.807) is 50.9 Å². The van der Waals surface area contributed by atoms with E-state index in [0.29, 0.717) is 48.0 Å². The molecule has 36 heavy (non-hydrogen) atoms. The van der Waals surface area contributed by atoms with Gasteiger partial charge in [-0.05, 0) is 66.1 Å². The second-order valence-corrected chi connectivity index (χ2v) is 8.60. The zero-order valence-electron chi connectivity index (χ0n) is 20.1. The van der Waals surface area contributed by atoms with Gasteiger partial charge in [0.1, 0.15) is 0 Å². The molecule has 0 saturated carbocycles. The zero-order valence-corrected chi connectivity index (χ0v) is 20.1. The van der Waals surface area contributed by atoms with Crippen molar-refractivity contribution in [2.24, 2.45) is 5.16 Å². The van der Waals surface area contributed by atoms with Crippen LogP contribution in [0.3, 0.4) is 0 Å². The molecule has 0 spiro atoms. The summed E-state index contributed by atoms with van der Waals surface area (Å²) >= 11 is 0. The largest absolute Gasteiger partial charge is 0.493 e. The molecule has 2 aromatic carbocycles. The SMILES string of the molecule is COc1cc2c(cc1OC)CN(C(=O)c1ccc(NC(=O)C3CC(c4cccnc4)=NO3)cc1)CC2. The van der Waals surface area contributed by atoms with E-state index >= 15 is 0 Å². The third kappa shape index (κ3) is 4.72. The number of anilines is 1. The number of pyridine rings is 1. The first-order valence-electron chi connectivity index (χ1n) is 11.6. The number of fused-ring (bicyclic) bond motifs is 1. The van der Waals surface area contributed by atoms with Crippen LogP contribution in [-0.2, 0) is 22.6 Å². The molecular weight excluding hydrogens is 460 g/mol. The molecule has 5 rings (SSSR count). The average Bonchev–Trinajstić information content (AvgIpc) is 3.43. The van der Waals surface area contributed by atoms with Gasteiger partial charge in [-0.2, -0.15) is 0 Å². The monoisotopic (exact) mass is 486 g/mol. The number of rotatable bonds is 6. The van der Waals surface area contributed by atoms with Gasteiger partial charge in [0.2, 0.25) is 6.10 Å². The van der Waals surface area contributed by atoms with Crippen LogP contribution < -0.4 is 14.8 Å². The van der Waals surface area contributed by atoms with Crippen molar-refractivity contribution >= 4 is 23.2 Å². The summed E-state index contributed by atoms with van der Waals surface area (Å²) in [6, 6.07) is 14.5. The number of hydrogen-bond donors (Lipinski definition) is 1. The van der Waals surface area contributed by atoms with Crippen LogP contribution in [0, 0.1) is 0 Å². The van der Waals surface area contributed by atoms with Crippen molar-refractivity contribution in [1.29, 1.82) is 0 Å². The van der Waals surface area contributed by atoms with E-state index in [1.807, 2.05) is 29.2 Å². The van der Waals surface area contributed by atoms with Gasteiger partial charge < -0.3 is 24.5 Å². The average molecular weight is 487 g/mol. The third-order valence-corrected chi connectivity index (χ3v) is 6.36. The third-order valence-electron chi connectivity index (χ3n) is 6.36. The zero-order chi connectivity index (χ0) is 25.1. The maximum absolute atomic E-state index is 13.1. The number of carbonyl (C=O) groups is 2. The van der Waals surface area contributed by atoms with Gasteiger partial charge in [0.05, 0.1) is 19.9 Å². The number of aromatic nitrogens is 1. The molecule has 0 aliphatic carbocycles. The Balaban J connectivity index is 1.19. The van der Waals surface area contributed by atoms with Crippen molar-refractivity contribution in [3.8, 4) is 11.5 Å². The van der Waals surface area contributed by atoms with E-state index in [2.05, 4.69) is 15.5 Å². The molecule has 184 valence electrons. The maximum atomic E-state index is 13.1. The Hall–Kier alpha value is -4.40. The number of nitrogens with zero attached hydrogens (tertiary/aromatic N) is 3.